The first-order chi connectivity index (χ1) is 10.6. The molecule has 2 aromatic rings. The molecule has 22 heavy (non-hydrogen) atoms. The largest absolute Gasteiger partial charge is 0.242 e. The maximum atomic E-state index is 13.1. The van der Waals surface area contributed by atoms with E-state index >= 15 is 0 Å². The zero-order valence-electron chi connectivity index (χ0n) is 12.2. The first-order valence-electron chi connectivity index (χ1n) is 7.37. The van der Waals surface area contributed by atoms with Crippen molar-refractivity contribution in [3.8, 4) is 0 Å². The Morgan fingerprint density at radius 1 is 1.05 bits per heavy atom. The summed E-state index contributed by atoms with van der Waals surface area (Å²) in [6, 6.07) is 17.0. The Labute approximate surface area is 136 Å². The van der Waals surface area contributed by atoms with Crippen LogP contribution in [0, 0.1) is 0 Å². The van der Waals surface area contributed by atoms with Crippen LogP contribution in [0.2, 0.25) is 0 Å². The molecule has 0 radical (unpaired) electrons. The summed E-state index contributed by atoms with van der Waals surface area (Å²) in [5.74, 6) is 0.485. The fourth-order valence-corrected chi connectivity index (χ4v) is 5.10. The number of nitrogens with zero attached hydrogens (tertiary/aromatic N) is 1. The molecule has 0 amide bonds. The number of hydrogen-bond donors (Lipinski definition) is 0. The molecule has 0 N–H and O–H groups in total. The third-order valence-electron chi connectivity index (χ3n) is 3.98. The van der Waals surface area contributed by atoms with E-state index in [1.165, 1.54) is 4.31 Å². The smallest absolute Gasteiger partial charge is 0.238 e. The highest BCUT2D eigenvalue weighted by Crippen LogP contribution is 2.39. The molecule has 5 heteroatoms. The Bertz CT molecular complexity index is 746. The second-order valence-corrected chi connectivity index (χ2v) is 7.87. The summed E-state index contributed by atoms with van der Waals surface area (Å²) < 4.78 is 27.6. The van der Waals surface area contributed by atoms with Gasteiger partial charge in [-0.3, -0.25) is 0 Å². The van der Waals surface area contributed by atoms with E-state index in [1.54, 1.807) is 0 Å². The van der Waals surface area contributed by atoms with Crippen LogP contribution in [0.25, 0.3) is 0 Å². The van der Waals surface area contributed by atoms with Gasteiger partial charge in [-0.05, 0) is 43.0 Å². The second-order valence-electron chi connectivity index (χ2n) is 5.43. The van der Waals surface area contributed by atoms with Crippen molar-refractivity contribution in [1.82, 2.24) is 0 Å². The number of anilines is 2. The lowest BCUT2D eigenvalue weighted by molar-refractivity contribution is 0.563. The Morgan fingerprint density at radius 2 is 1.73 bits per heavy atom. The van der Waals surface area contributed by atoms with Crippen LogP contribution < -0.4 is 4.31 Å². The zero-order chi connectivity index (χ0) is 15.6. The molecule has 0 fully saturated rings. The van der Waals surface area contributed by atoms with Crippen molar-refractivity contribution in [3.05, 3.63) is 60.2 Å². The van der Waals surface area contributed by atoms with E-state index in [9.17, 15) is 8.42 Å². The highest BCUT2D eigenvalue weighted by Gasteiger charge is 2.38. The highest BCUT2D eigenvalue weighted by atomic mass is 35.5. The van der Waals surface area contributed by atoms with E-state index in [4.69, 9.17) is 11.6 Å². The summed E-state index contributed by atoms with van der Waals surface area (Å²) in [6.45, 7) is 0. The molecule has 3 nitrogen and oxygen atoms in total. The van der Waals surface area contributed by atoms with E-state index in [0.717, 1.165) is 11.3 Å². The fourth-order valence-electron chi connectivity index (χ4n) is 2.92. The lowest BCUT2D eigenvalue weighted by atomic mass is 10.0. The van der Waals surface area contributed by atoms with Crippen LogP contribution in [-0.2, 0) is 16.4 Å². The van der Waals surface area contributed by atoms with E-state index in [1.807, 2.05) is 54.6 Å². The van der Waals surface area contributed by atoms with Crippen molar-refractivity contribution in [2.24, 2.45) is 0 Å². The van der Waals surface area contributed by atoms with E-state index in [0.29, 0.717) is 30.8 Å². The molecule has 3 rings (SSSR count). The molecule has 1 heterocycles. The molecule has 1 unspecified atom stereocenters. The van der Waals surface area contributed by atoms with Crippen molar-refractivity contribution in [3.63, 3.8) is 0 Å². The zero-order valence-corrected chi connectivity index (χ0v) is 13.7. The van der Waals surface area contributed by atoms with Gasteiger partial charge in [-0.1, -0.05) is 36.4 Å². The van der Waals surface area contributed by atoms with Gasteiger partial charge in [0.2, 0.25) is 10.0 Å². The maximum absolute atomic E-state index is 13.1. The van der Waals surface area contributed by atoms with Crippen LogP contribution >= 0.6 is 11.6 Å². The SMILES string of the molecule is O=S1(=O)C(CCCCl)Cc2ccccc2N1c1ccccc1. The minimum absolute atomic E-state index is 0.415. The molecule has 1 atom stereocenters. The summed E-state index contributed by atoms with van der Waals surface area (Å²) >= 11 is 5.76. The highest BCUT2D eigenvalue weighted by molar-refractivity contribution is 7.93. The summed E-state index contributed by atoms with van der Waals surface area (Å²) in [4.78, 5) is 0. The predicted octanol–water partition coefficient (Wildman–Crippen LogP) is 4.10. The van der Waals surface area contributed by atoms with Gasteiger partial charge in [0.1, 0.15) is 0 Å². The van der Waals surface area contributed by atoms with Crippen LogP contribution in [0.4, 0.5) is 11.4 Å². The molecule has 0 saturated heterocycles. The van der Waals surface area contributed by atoms with Crippen LogP contribution in [0.1, 0.15) is 18.4 Å². The number of halogens is 1. The molecule has 116 valence electrons. The second kappa shape index (κ2) is 6.31. The molecular formula is C17H18ClNO2S. The Morgan fingerprint density at radius 3 is 2.45 bits per heavy atom. The third kappa shape index (κ3) is 2.73. The third-order valence-corrected chi connectivity index (χ3v) is 6.41. The molecule has 0 saturated carbocycles. The summed E-state index contributed by atoms with van der Waals surface area (Å²) in [7, 11) is -3.43. The molecule has 0 spiro atoms. The molecule has 2 aromatic carbocycles. The molecule has 0 aliphatic carbocycles. The van der Waals surface area contributed by atoms with Gasteiger partial charge in [-0.15, -0.1) is 11.6 Å². The van der Waals surface area contributed by atoms with Crippen molar-refractivity contribution in [2.45, 2.75) is 24.5 Å². The van der Waals surface area contributed by atoms with Crippen molar-refractivity contribution >= 4 is 33.0 Å². The topological polar surface area (TPSA) is 37.4 Å². The van der Waals surface area contributed by atoms with Crippen LogP contribution in [0.5, 0.6) is 0 Å². The van der Waals surface area contributed by atoms with Gasteiger partial charge in [0.15, 0.2) is 0 Å². The Balaban J connectivity index is 2.12. The molecule has 1 aliphatic rings. The standard InChI is InChI=1S/C17H18ClNO2S/c18-12-6-10-16-13-14-7-4-5-11-17(14)19(22(16,20)21)15-8-2-1-3-9-15/h1-5,7-9,11,16H,6,10,12-13H2. The summed E-state index contributed by atoms with van der Waals surface area (Å²) in [6.07, 6.45) is 1.85. The predicted molar refractivity (Wildman–Crippen MR) is 91.4 cm³/mol. The van der Waals surface area contributed by atoms with Gasteiger partial charge in [0.05, 0.1) is 16.6 Å². The average molecular weight is 336 g/mol. The number of para-hydroxylation sites is 2. The Hall–Kier alpha value is -1.52. The summed E-state index contributed by atoms with van der Waals surface area (Å²) in [5.41, 5.74) is 2.52. The van der Waals surface area contributed by atoms with Crippen LogP contribution in [0.15, 0.2) is 54.6 Å². The number of fused-ring (bicyclic) bond motifs is 1. The maximum Gasteiger partial charge on any atom is 0.242 e. The minimum Gasteiger partial charge on any atom is -0.238 e. The molecular weight excluding hydrogens is 318 g/mol. The number of rotatable bonds is 4. The van der Waals surface area contributed by atoms with Gasteiger partial charge in [-0.25, -0.2) is 12.7 Å². The quantitative estimate of drug-likeness (QED) is 0.789. The minimum atomic E-state index is -3.43. The van der Waals surface area contributed by atoms with Gasteiger partial charge in [0, 0.05) is 5.88 Å². The molecule has 0 bridgehead atoms. The first-order valence-corrected chi connectivity index (χ1v) is 9.41. The molecule has 0 aromatic heterocycles. The van der Waals surface area contributed by atoms with E-state index in [-0.39, 0.29) is 0 Å². The van der Waals surface area contributed by atoms with Gasteiger partial charge in [-0.2, -0.15) is 0 Å². The number of alkyl halides is 1. The monoisotopic (exact) mass is 335 g/mol. The van der Waals surface area contributed by atoms with Gasteiger partial charge < -0.3 is 0 Å². The van der Waals surface area contributed by atoms with Crippen LogP contribution in [0.3, 0.4) is 0 Å². The average Bonchev–Trinajstić information content (AvgIpc) is 2.53. The number of sulfonamides is 1. The fraction of sp³-hybridized carbons (Fsp3) is 0.294. The Kier molecular flexibility index (Phi) is 4.41. The number of benzene rings is 2. The van der Waals surface area contributed by atoms with Crippen molar-refractivity contribution in [2.75, 3.05) is 10.2 Å². The molecule has 1 aliphatic heterocycles. The van der Waals surface area contributed by atoms with E-state index in [2.05, 4.69) is 0 Å². The van der Waals surface area contributed by atoms with Gasteiger partial charge in [0.25, 0.3) is 0 Å². The van der Waals surface area contributed by atoms with Crippen LogP contribution in [-0.4, -0.2) is 19.5 Å². The summed E-state index contributed by atoms with van der Waals surface area (Å²) in [5, 5.41) is -0.415. The van der Waals surface area contributed by atoms with Gasteiger partial charge >= 0.3 is 0 Å². The lowest BCUT2D eigenvalue weighted by Gasteiger charge is -2.35. The lowest BCUT2D eigenvalue weighted by Crippen LogP contribution is -2.41. The van der Waals surface area contributed by atoms with Crippen molar-refractivity contribution in [1.29, 1.82) is 0 Å². The van der Waals surface area contributed by atoms with Crippen molar-refractivity contribution < 1.29 is 8.42 Å². The first kappa shape index (κ1) is 15.4. The number of hydrogen-bond acceptors (Lipinski definition) is 2. The normalized spacial score (nSPS) is 19.7. The van der Waals surface area contributed by atoms with E-state index < -0.39 is 15.3 Å².